The summed E-state index contributed by atoms with van der Waals surface area (Å²) >= 11 is 0. The monoisotopic (exact) mass is 350 g/mol. The lowest BCUT2D eigenvalue weighted by Crippen LogP contribution is -2.59. The van der Waals surface area contributed by atoms with Gasteiger partial charge in [-0.2, -0.15) is 0 Å². The van der Waals surface area contributed by atoms with Crippen LogP contribution >= 0.6 is 0 Å². The number of ketones is 1. The maximum absolute atomic E-state index is 13.4. The number of hydrogen-bond acceptors (Lipinski definition) is 5. The lowest BCUT2D eigenvalue weighted by molar-refractivity contribution is -0.175. The molecule has 0 aromatic heterocycles. The maximum Gasteiger partial charge on any atom is 0.271 e. The summed E-state index contributed by atoms with van der Waals surface area (Å²) in [6.45, 7) is 1.31. The summed E-state index contributed by atoms with van der Waals surface area (Å²) in [5.74, 6) is -2.00. The smallest absolute Gasteiger partial charge is 0.271 e. The predicted octanol–water partition coefficient (Wildman–Crippen LogP) is 1.91. The Hall–Kier alpha value is -2.86. The molecule has 1 heterocycles. The van der Waals surface area contributed by atoms with Gasteiger partial charge in [0.05, 0.1) is 5.56 Å². The summed E-state index contributed by atoms with van der Waals surface area (Å²) in [7, 11) is 0. The summed E-state index contributed by atoms with van der Waals surface area (Å²) in [6.07, 6.45) is 2.25. The Balaban J connectivity index is 1.79. The second-order valence-electron chi connectivity index (χ2n) is 7.31. The first-order valence-electron chi connectivity index (χ1n) is 8.67. The van der Waals surface area contributed by atoms with Gasteiger partial charge in [0.15, 0.2) is 0 Å². The van der Waals surface area contributed by atoms with Crippen LogP contribution in [0.5, 0.6) is 5.75 Å². The minimum Gasteiger partial charge on any atom is -0.454 e. The second kappa shape index (κ2) is 4.65. The number of amides is 1. The van der Waals surface area contributed by atoms with Crippen molar-refractivity contribution >= 4 is 17.4 Å². The molecule has 2 aromatic rings. The highest BCUT2D eigenvalue weighted by molar-refractivity contribution is 6.15. The highest BCUT2D eigenvalue weighted by Crippen LogP contribution is 2.59. The number of benzene rings is 2. The maximum atomic E-state index is 13.4. The van der Waals surface area contributed by atoms with Gasteiger partial charge >= 0.3 is 0 Å². The van der Waals surface area contributed by atoms with E-state index in [0.717, 1.165) is 18.4 Å². The summed E-state index contributed by atoms with van der Waals surface area (Å²) in [5.41, 5.74) is 6.58. The largest absolute Gasteiger partial charge is 0.454 e. The third-order valence-electron chi connectivity index (χ3n) is 5.62. The van der Waals surface area contributed by atoms with Crippen molar-refractivity contribution in [1.29, 1.82) is 0 Å². The Labute approximate surface area is 150 Å². The molecule has 3 aliphatic rings. The number of rotatable bonds is 2. The molecule has 1 fully saturated rings. The van der Waals surface area contributed by atoms with Crippen LogP contribution < -0.4 is 15.8 Å². The van der Waals surface area contributed by atoms with E-state index in [1.54, 1.807) is 24.3 Å². The molecule has 26 heavy (non-hydrogen) atoms. The molecule has 2 aliphatic carbocycles. The van der Waals surface area contributed by atoms with E-state index < -0.39 is 23.0 Å². The van der Waals surface area contributed by atoms with Crippen LogP contribution in [0.2, 0.25) is 0 Å². The van der Waals surface area contributed by atoms with Crippen molar-refractivity contribution in [2.75, 3.05) is 5.73 Å². The Kier molecular flexibility index (Phi) is 2.75. The fourth-order valence-corrected chi connectivity index (χ4v) is 4.32. The molecule has 2 aromatic carbocycles. The first-order valence-corrected chi connectivity index (χ1v) is 8.67. The van der Waals surface area contributed by atoms with Crippen LogP contribution in [0, 0.1) is 0 Å². The third kappa shape index (κ3) is 1.65. The first kappa shape index (κ1) is 15.4. The summed E-state index contributed by atoms with van der Waals surface area (Å²) in [6, 6.07) is 10.4. The Morgan fingerprint density at radius 2 is 2.04 bits per heavy atom. The molecule has 0 radical (unpaired) electrons. The van der Waals surface area contributed by atoms with E-state index in [-0.39, 0.29) is 16.8 Å². The molecule has 4 N–H and O–H groups in total. The van der Waals surface area contributed by atoms with Crippen LogP contribution in [0.4, 0.5) is 5.69 Å². The Bertz CT molecular complexity index is 997. The van der Waals surface area contributed by atoms with Crippen molar-refractivity contribution in [1.82, 2.24) is 5.32 Å². The molecule has 132 valence electrons. The zero-order chi connectivity index (χ0) is 18.3. The van der Waals surface area contributed by atoms with E-state index >= 15 is 0 Å². The van der Waals surface area contributed by atoms with Crippen molar-refractivity contribution in [3.8, 4) is 5.75 Å². The van der Waals surface area contributed by atoms with E-state index in [4.69, 9.17) is 10.5 Å². The molecule has 2 atom stereocenters. The average molecular weight is 350 g/mol. The van der Waals surface area contributed by atoms with Gasteiger partial charge in [-0.1, -0.05) is 24.3 Å². The summed E-state index contributed by atoms with van der Waals surface area (Å²) < 4.78 is 5.96. The number of ether oxygens (including phenoxy) is 1. The van der Waals surface area contributed by atoms with Crippen molar-refractivity contribution in [2.24, 2.45) is 0 Å². The molecule has 0 saturated heterocycles. The molecule has 1 aliphatic heterocycles. The highest BCUT2D eigenvalue weighted by atomic mass is 16.6. The first-order chi connectivity index (χ1) is 12.4. The molecular formula is C20H18N2O4. The Morgan fingerprint density at radius 1 is 1.27 bits per heavy atom. The highest BCUT2D eigenvalue weighted by Gasteiger charge is 2.72. The van der Waals surface area contributed by atoms with Crippen LogP contribution in [0.3, 0.4) is 0 Å². The average Bonchev–Trinajstić information content (AvgIpc) is 3.37. The third-order valence-corrected chi connectivity index (χ3v) is 5.62. The van der Waals surface area contributed by atoms with E-state index in [2.05, 4.69) is 5.32 Å². The number of nitrogen functional groups attached to an aromatic ring is 1. The fourth-order valence-electron chi connectivity index (χ4n) is 4.32. The molecule has 1 saturated carbocycles. The standard InChI is InChI=1S/C20H18N2O4/c1-10(23)22-19-13-8-7-12(11-5-6-11)9-16(13)26-20(19,25)14-3-2-4-15(21)17(14)18(19)24/h2-4,7-9,11,25H,5-6,21H2,1H3,(H,22,23)/t19-,20-/m0/s1. The number of carbonyl (C=O) groups is 2. The van der Waals surface area contributed by atoms with E-state index in [9.17, 15) is 14.7 Å². The molecule has 0 unspecified atom stereocenters. The van der Waals surface area contributed by atoms with Crippen LogP contribution in [0.25, 0.3) is 0 Å². The van der Waals surface area contributed by atoms with Crippen LogP contribution in [-0.4, -0.2) is 16.8 Å². The molecular weight excluding hydrogens is 332 g/mol. The predicted molar refractivity (Wildman–Crippen MR) is 93.6 cm³/mol. The van der Waals surface area contributed by atoms with Gasteiger partial charge in [-0.05, 0) is 36.5 Å². The molecule has 0 spiro atoms. The summed E-state index contributed by atoms with van der Waals surface area (Å²) in [4.78, 5) is 25.4. The van der Waals surface area contributed by atoms with Gasteiger partial charge in [0.1, 0.15) is 5.75 Å². The lowest BCUT2D eigenvalue weighted by Gasteiger charge is -2.34. The van der Waals surface area contributed by atoms with Gasteiger partial charge in [-0.3, -0.25) is 9.59 Å². The number of carbonyl (C=O) groups excluding carboxylic acids is 2. The topological polar surface area (TPSA) is 102 Å². The molecule has 5 rings (SSSR count). The van der Waals surface area contributed by atoms with E-state index in [1.807, 2.05) is 12.1 Å². The Morgan fingerprint density at radius 3 is 2.73 bits per heavy atom. The second-order valence-corrected chi connectivity index (χ2v) is 7.31. The van der Waals surface area contributed by atoms with Gasteiger partial charge < -0.3 is 20.9 Å². The van der Waals surface area contributed by atoms with Gasteiger partial charge in [0.2, 0.25) is 17.2 Å². The molecule has 6 nitrogen and oxygen atoms in total. The summed E-state index contributed by atoms with van der Waals surface area (Å²) in [5, 5.41) is 14.2. The zero-order valence-electron chi connectivity index (χ0n) is 14.2. The normalized spacial score (nSPS) is 28.2. The number of aliphatic hydroxyl groups is 1. The van der Waals surface area contributed by atoms with Crippen molar-refractivity contribution in [2.45, 2.75) is 37.0 Å². The fraction of sp³-hybridized carbons (Fsp3) is 0.300. The zero-order valence-corrected chi connectivity index (χ0v) is 14.2. The van der Waals surface area contributed by atoms with Gasteiger partial charge in [0, 0.05) is 23.7 Å². The number of hydrogen-bond donors (Lipinski definition) is 3. The number of Topliss-reactive ketones (excluding diaryl/α,β-unsaturated/α-hetero) is 1. The quantitative estimate of drug-likeness (QED) is 0.718. The van der Waals surface area contributed by atoms with Crippen molar-refractivity contribution in [3.63, 3.8) is 0 Å². The minimum absolute atomic E-state index is 0.195. The number of nitrogens with one attached hydrogen (secondary N) is 1. The number of nitrogens with two attached hydrogens (primary N) is 1. The van der Waals surface area contributed by atoms with Gasteiger partial charge in [0.25, 0.3) is 5.79 Å². The van der Waals surface area contributed by atoms with Crippen molar-refractivity contribution in [3.05, 3.63) is 58.7 Å². The lowest BCUT2D eigenvalue weighted by atomic mass is 9.82. The molecule has 1 amide bonds. The van der Waals surface area contributed by atoms with Gasteiger partial charge in [-0.25, -0.2) is 0 Å². The molecule has 0 bridgehead atoms. The van der Waals surface area contributed by atoms with Crippen LogP contribution in [-0.2, 0) is 16.1 Å². The van der Waals surface area contributed by atoms with Crippen molar-refractivity contribution < 1.29 is 19.4 Å². The molecule has 6 heteroatoms. The van der Waals surface area contributed by atoms with E-state index in [0.29, 0.717) is 17.2 Å². The SMILES string of the molecule is CC(=O)N[C@@]12C(=O)c3c(N)cccc3[C@]1(O)Oc1cc(C3CC3)ccc12. The number of fused-ring (bicyclic) bond motifs is 5. The van der Waals surface area contributed by atoms with E-state index in [1.165, 1.54) is 6.92 Å². The van der Waals surface area contributed by atoms with Crippen LogP contribution in [0.15, 0.2) is 36.4 Å². The minimum atomic E-state index is -2.02. The van der Waals surface area contributed by atoms with Crippen LogP contribution in [0.1, 0.15) is 52.7 Å². The number of anilines is 1. The van der Waals surface area contributed by atoms with Gasteiger partial charge in [-0.15, -0.1) is 0 Å².